The van der Waals surface area contributed by atoms with Crippen molar-refractivity contribution in [3.8, 4) is 11.5 Å². The van der Waals surface area contributed by atoms with Gasteiger partial charge in [-0.2, -0.15) is 4.98 Å². The molecule has 6 heteroatoms. The van der Waals surface area contributed by atoms with Gasteiger partial charge < -0.3 is 15.2 Å². The summed E-state index contributed by atoms with van der Waals surface area (Å²) >= 11 is 0. The molecule has 0 fully saturated rings. The largest absolute Gasteiger partial charge is 0.334 e. The van der Waals surface area contributed by atoms with Crippen LogP contribution in [0, 0.1) is 0 Å². The summed E-state index contributed by atoms with van der Waals surface area (Å²) < 4.78 is 5.05. The zero-order valence-corrected chi connectivity index (χ0v) is 9.02. The third kappa shape index (κ3) is 2.01. The van der Waals surface area contributed by atoms with Gasteiger partial charge in [-0.3, -0.25) is 4.79 Å². The molecule has 0 unspecified atom stereocenters. The minimum absolute atomic E-state index is 0.178. The van der Waals surface area contributed by atoms with Gasteiger partial charge in [0.2, 0.25) is 5.56 Å². The van der Waals surface area contributed by atoms with Crippen LogP contribution in [0.15, 0.2) is 27.6 Å². The summed E-state index contributed by atoms with van der Waals surface area (Å²) in [6.45, 7) is 3.57. The predicted molar refractivity (Wildman–Crippen MR) is 57.6 cm³/mol. The second-order valence-electron chi connectivity index (χ2n) is 4.09. The monoisotopic (exact) mass is 220 g/mol. The van der Waals surface area contributed by atoms with Gasteiger partial charge in [-0.1, -0.05) is 5.16 Å². The molecule has 16 heavy (non-hydrogen) atoms. The van der Waals surface area contributed by atoms with Crippen LogP contribution in [0.4, 0.5) is 0 Å². The lowest BCUT2D eigenvalue weighted by Crippen LogP contribution is -2.30. The summed E-state index contributed by atoms with van der Waals surface area (Å²) in [4.78, 5) is 17.6. The molecule has 0 radical (unpaired) electrons. The smallest absolute Gasteiger partial charge is 0.259 e. The van der Waals surface area contributed by atoms with Crippen LogP contribution < -0.4 is 11.3 Å². The van der Waals surface area contributed by atoms with E-state index in [1.165, 1.54) is 12.3 Å². The molecule has 2 heterocycles. The number of pyridine rings is 1. The molecule has 0 aliphatic carbocycles. The van der Waals surface area contributed by atoms with E-state index in [2.05, 4.69) is 15.1 Å². The zero-order chi connectivity index (χ0) is 11.8. The molecule has 0 bridgehead atoms. The van der Waals surface area contributed by atoms with Gasteiger partial charge >= 0.3 is 0 Å². The molecule has 0 aliphatic heterocycles. The Morgan fingerprint density at radius 3 is 2.69 bits per heavy atom. The highest BCUT2D eigenvalue weighted by molar-refractivity contribution is 5.50. The summed E-state index contributed by atoms with van der Waals surface area (Å²) in [5.74, 6) is 0.762. The Hall–Kier alpha value is -1.95. The number of H-pyrrole nitrogens is 1. The highest BCUT2D eigenvalue weighted by Crippen LogP contribution is 2.19. The second kappa shape index (κ2) is 3.57. The van der Waals surface area contributed by atoms with Crippen LogP contribution >= 0.6 is 0 Å². The molecule has 2 rings (SSSR count). The standard InChI is InChI=1S/C10H12N4O2/c1-10(2,11)9-13-8(16-14-9)6-3-4-7(15)12-5-6/h3-5H,11H2,1-2H3,(H,12,15). The van der Waals surface area contributed by atoms with Crippen molar-refractivity contribution < 1.29 is 4.52 Å². The minimum atomic E-state index is -0.649. The van der Waals surface area contributed by atoms with E-state index >= 15 is 0 Å². The number of hydrogen-bond acceptors (Lipinski definition) is 5. The van der Waals surface area contributed by atoms with E-state index in [1.54, 1.807) is 19.9 Å². The lowest BCUT2D eigenvalue weighted by molar-refractivity contribution is 0.397. The van der Waals surface area contributed by atoms with Gasteiger partial charge in [0.15, 0.2) is 5.82 Å². The van der Waals surface area contributed by atoms with Gasteiger partial charge in [-0.15, -0.1) is 0 Å². The SMILES string of the molecule is CC(C)(N)c1noc(-c2ccc(=O)[nH]c2)n1. The van der Waals surface area contributed by atoms with Crippen LogP contribution in [-0.2, 0) is 5.54 Å². The number of aromatic nitrogens is 3. The zero-order valence-electron chi connectivity index (χ0n) is 9.02. The van der Waals surface area contributed by atoms with Crippen molar-refractivity contribution in [3.05, 3.63) is 34.5 Å². The van der Waals surface area contributed by atoms with Gasteiger partial charge in [0.1, 0.15) is 0 Å². The molecular weight excluding hydrogens is 208 g/mol. The fraction of sp³-hybridized carbons (Fsp3) is 0.300. The van der Waals surface area contributed by atoms with E-state index in [9.17, 15) is 4.79 Å². The summed E-state index contributed by atoms with van der Waals surface area (Å²) in [6.07, 6.45) is 1.52. The van der Waals surface area contributed by atoms with Gasteiger partial charge in [0, 0.05) is 12.3 Å². The van der Waals surface area contributed by atoms with Crippen LogP contribution in [0.25, 0.3) is 11.5 Å². The molecular formula is C10H12N4O2. The van der Waals surface area contributed by atoms with Gasteiger partial charge in [0.05, 0.1) is 11.1 Å². The van der Waals surface area contributed by atoms with Crippen molar-refractivity contribution in [2.24, 2.45) is 5.73 Å². The van der Waals surface area contributed by atoms with Gasteiger partial charge in [-0.05, 0) is 19.9 Å². The van der Waals surface area contributed by atoms with E-state index in [1.807, 2.05) is 0 Å². The predicted octanol–water partition coefficient (Wildman–Crippen LogP) is 0.619. The van der Waals surface area contributed by atoms with E-state index in [4.69, 9.17) is 10.3 Å². The summed E-state index contributed by atoms with van der Waals surface area (Å²) in [6, 6.07) is 3.01. The van der Waals surface area contributed by atoms with E-state index in [0.717, 1.165) is 0 Å². The molecule has 2 aromatic rings. The van der Waals surface area contributed by atoms with Crippen LogP contribution in [0.5, 0.6) is 0 Å². The first-order valence-electron chi connectivity index (χ1n) is 4.79. The van der Waals surface area contributed by atoms with Crippen molar-refractivity contribution in [2.75, 3.05) is 0 Å². The topological polar surface area (TPSA) is 97.8 Å². The Morgan fingerprint density at radius 2 is 2.19 bits per heavy atom. The van der Waals surface area contributed by atoms with Crippen molar-refractivity contribution in [3.63, 3.8) is 0 Å². The molecule has 84 valence electrons. The van der Waals surface area contributed by atoms with Crippen LogP contribution in [-0.4, -0.2) is 15.1 Å². The Kier molecular flexibility index (Phi) is 2.35. The average Bonchev–Trinajstić information content (AvgIpc) is 2.67. The Bertz CT molecular complexity index is 530. The Labute approximate surface area is 91.5 Å². The van der Waals surface area contributed by atoms with Gasteiger partial charge in [-0.25, -0.2) is 0 Å². The quantitative estimate of drug-likeness (QED) is 0.773. The van der Waals surface area contributed by atoms with Crippen LogP contribution in [0.1, 0.15) is 19.7 Å². The maximum absolute atomic E-state index is 10.9. The summed E-state index contributed by atoms with van der Waals surface area (Å²) in [5.41, 5.74) is 5.66. The van der Waals surface area contributed by atoms with Crippen molar-refractivity contribution in [2.45, 2.75) is 19.4 Å². The first-order valence-corrected chi connectivity index (χ1v) is 4.79. The molecule has 3 N–H and O–H groups in total. The molecule has 6 nitrogen and oxygen atoms in total. The highest BCUT2D eigenvalue weighted by Gasteiger charge is 2.21. The molecule has 0 aliphatic rings. The number of hydrogen-bond donors (Lipinski definition) is 2. The highest BCUT2D eigenvalue weighted by atomic mass is 16.5. The van der Waals surface area contributed by atoms with Crippen LogP contribution in [0.3, 0.4) is 0 Å². The first-order chi connectivity index (χ1) is 7.47. The first kappa shape index (κ1) is 10.6. The van der Waals surface area contributed by atoms with Gasteiger partial charge in [0.25, 0.3) is 5.89 Å². The Balaban J connectivity index is 2.39. The third-order valence-corrected chi connectivity index (χ3v) is 2.03. The number of rotatable bonds is 2. The number of nitrogens with two attached hydrogens (primary N) is 1. The van der Waals surface area contributed by atoms with Crippen LogP contribution in [0.2, 0.25) is 0 Å². The summed E-state index contributed by atoms with van der Waals surface area (Å²) in [7, 11) is 0. The molecule has 0 atom stereocenters. The van der Waals surface area contributed by atoms with E-state index in [-0.39, 0.29) is 5.56 Å². The van der Waals surface area contributed by atoms with Crippen molar-refractivity contribution in [1.82, 2.24) is 15.1 Å². The number of aromatic amines is 1. The molecule has 0 saturated heterocycles. The van der Waals surface area contributed by atoms with E-state index in [0.29, 0.717) is 17.3 Å². The molecule has 0 amide bonds. The second-order valence-corrected chi connectivity index (χ2v) is 4.09. The van der Waals surface area contributed by atoms with E-state index < -0.39 is 5.54 Å². The molecule has 0 spiro atoms. The number of nitrogens with zero attached hydrogens (tertiary/aromatic N) is 2. The third-order valence-electron chi connectivity index (χ3n) is 2.03. The minimum Gasteiger partial charge on any atom is -0.334 e. The molecule has 0 aromatic carbocycles. The maximum atomic E-state index is 10.9. The Morgan fingerprint density at radius 1 is 1.44 bits per heavy atom. The lowest BCUT2D eigenvalue weighted by Gasteiger charge is -2.11. The molecule has 0 saturated carbocycles. The fourth-order valence-corrected chi connectivity index (χ4v) is 1.15. The summed E-state index contributed by atoms with van der Waals surface area (Å²) in [5, 5.41) is 3.78. The fourth-order valence-electron chi connectivity index (χ4n) is 1.15. The number of nitrogens with one attached hydrogen (secondary N) is 1. The lowest BCUT2D eigenvalue weighted by atomic mass is 10.1. The molecule has 2 aromatic heterocycles. The van der Waals surface area contributed by atoms with Crippen molar-refractivity contribution >= 4 is 0 Å². The normalized spacial score (nSPS) is 11.7. The average molecular weight is 220 g/mol. The maximum Gasteiger partial charge on any atom is 0.259 e. The van der Waals surface area contributed by atoms with Crippen molar-refractivity contribution in [1.29, 1.82) is 0 Å².